The molecular formula is C17H16N6O2. The minimum Gasteiger partial charge on any atom is -0.494 e. The first-order chi connectivity index (χ1) is 12.2. The van der Waals surface area contributed by atoms with Crippen LogP contribution in [-0.2, 0) is 6.42 Å². The van der Waals surface area contributed by atoms with Crippen LogP contribution in [0.15, 0.2) is 41.3 Å². The molecule has 0 saturated carbocycles. The maximum atomic E-state index is 12.8. The van der Waals surface area contributed by atoms with Gasteiger partial charge in [-0.05, 0) is 37.3 Å². The molecule has 0 saturated heterocycles. The molecule has 3 aromatic heterocycles. The van der Waals surface area contributed by atoms with Gasteiger partial charge in [-0.25, -0.2) is 0 Å². The van der Waals surface area contributed by atoms with E-state index in [1.54, 1.807) is 16.8 Å². The van der Waals surface area contributed by atoms with Crippen molar-refractivity contribution in [3.63, 3.8) is 0 Å². The molecule has 0 N–H and O–H groups in total. The number of hydrogen-bond acceptors (Lipinski definition) is 6. The molecule has 0 atom stereocenters. The highest BCUT2D eigenvalue weighted by molar-refractivity contribution is 5.74. The van der Waals surface area contributed by atoms with Gasteiger partial charge in [0.25, 0.3) is 11.3 Å². The number of aromatic nitrogens is 6. The summed E-state index contributed by atoms with van der Waals surface area (Å²) in [4.78, 5) is 17.1. The van der Waals surface area contributed by atoms with Gasteiger partial charge in [-0.3, -0.25) is 9.36 Å². The second-order valence-electron chi connectivity index (χ2n) is 5.45. The second kappa shape index (κ2) is 5.97. The Kier molecular flexibility index (Phi) is 3.64. The Morgan fingerprint density at radius 3 is 2.60 bits per heavy atom. The Bertz CT molecular complexity index is 1110. The van der Waals surface area contributed by atoms with Crippen molar-refractivity contribution in [3.8, 4) is 11.4 Å². The van der Waals surface area contributed by atoms with Crippen LogP contribution in [0.25, 0.3) is 22.5 Å². The van der Waals surface area contributed by atoms with Crippen LogP contribution in [0.5, 0.6) is 5.75 Å². The fourth-order valence-electron chi connectivity index (χ4n) is 2.67. The van der Waals surface area contributed by atoms with Crippen LogP contribution in [0, 0.1) is 0 Å². The summed E-state index contributed by atoms with van der Waals surface area (Å²) >= 11 is 0. The highest BCUT2D eigenvalue weighted by atomic mass is 16.5. The molecule has 8 heteroatoms. The summed E-state index contributed by atoms with van der Waals surface area (Å²) in [6.07, 6.45) is 2.39. The Labute approximate surface area is 142 Å². The van der Waals surface area contributed by atoms with Gasteiger partial charge in [-0.15, -0.1) is 15.3 Å². The smallest absolute Gasteiger partial charge is 0.285 e. The van der Waals surface area contributed by atoms with Crippen molar-refractivity contribution in [3.05, 3.63) is 52.7 Å². The molecule has 0 fully saturated rings. The zero-order valence-corrected chi connectivity index (χ0v) is 13.9. The fraction of sp³-hybridized carbons (Fsp3) is 0.235. The van der Waals surface area contributed by atoms with Crippen molar-refractivity contribution < 1.29 is 4.74 Å². The van der Waals surface area contributed by atoms with Gasteiger partial charge in [0.2, 0.25) is 0 Å². The number of aryl methyl sites for hydroxylation is 1. The van der Waals surface area contributed by atoms with E-state index >= 15 is 0 Å². The zero-order valence-electron chi connectivity index (χ0n) is 13.9. The third kappa shape index (κ3) is 2.51. The number of benzene rings is 1. The molecule has 4 aromatic rings. The molecule has 0 spiro atoms. The van der Waals surface area contributed by atoms with Gasteiger partial charge in [0.15, 0.2) is 11.3 Å². The molecule has 25 heavy (non-hydrogen) atoms. The molecule has 126 valence electrons. The zero-order chi connectivity index (χ0) is 17.4. The lowest BCUT2D eigenvalue weighted by atomic mass is 10.3. The van der Waals surface area contributed by atoms with Gasteiger partial charge in [0, 0.05) is 18.3 Å². The fourth-order valence-corrected chi connectivity index (χ4v) is 2.67. The molecule has 0 radical (unpaired) electrons. The molecule has 1 aromatic carbocycles. The maximum absolute atomic E-state index is 12.8. The first-order valence-electron chi connectivity index (χ1n) is 8.08. The molecule has 4 rings (SSSR count). The standard InChI is InChI=1S/C17H16N6O2/c1-3-14-18-17-20-19-15-13(23(17)21-14)9-10-22(16(15)24)11-5-7-12(8-6-11)25-4-2/h5-10H,3-4H2,1-2H3. The minimum atomic E-state index is -0.260. The minimum absolute atomic E-state index is 0.247. The van der Waals surface area contributed by atoms with E-state index < -0.39 is 0 Å². The first kappa shape index (κ1) is 15.3. The van der Waals surface area contributed by atoms with Crippen LogP contribution in [0.1, 0.15) is 19.7 Å². The predicted octanol–water partition coefficient (Wildman–Crippen LogP) is 1.78. The van der Waals surface area contributed by atoms with E-state index in [9.17, 15) is 4.79 Å². The van der Waals surface area contributed by atoms with E-state index in [4.69, 9.17) is 4.74 Å². The van der Waals surface area contributed by atoms with E-state index in [-0.39, 0.29) is 11.1 Å². The normalized spacial score (nSPS) is 11.3. The molecule has 0 unspecified atom stereocenters. The SMILES string of the molecule is CCOc1ccc(-n2ccc3c(nnc4nc(CC)nn43)c2=O)cc1. The third-order valence-electron chi connectivity index (χ3n) is 3.89. The molecule has 0 amide bonds. The van der Waals surface area contributed by atoms with Gasteiger partial charge < -0.3 is 4.74 Å². The number of pyridine rings is 1. The first-order valence-corrected chi connectivity index (χ1v) is 8.08. The van der Waals surface area contributed by atoms with Crippen molar-refractivity contribution in [1.82, 2.24) is 29.4 Å². The Morgan fingerprint density at radius 1 is 1.08 bits per heavy atom. The van der Waals surface area contributed by atoms with Crippen LogP contribution in [0.2, 0.25) is 0 Å². The lowest BCUT2D eigenvalue weighted by Crippen LogP contribution is -2.20. The molecular weight excluding hydrogens is 320 g/mol. The summed E-state index contributed by atoms with van der Waals surface area (Å²) in [7, 11) is 0. The van der Waals surface area contributed by atoms with Crippen molar-refractivity contribution in [2.75, 3.05) is 6.61 Å². The summed E-state index contributed by atoms with van der Waals surface area (Å²) in [5, 5.41) is 12.4. The van der Waals surface area contributed by atoms with Crippen molar-refractivity contribution in [1.29, 1.82) is 0 Å². The molecule has 0 bridgehead atoms. The summed E-state index contributed by atoms with van der Waals surface area (Å²) < 4.78 is 8.51. The molecule has 3 heterocycles. The molecule has 0 aliphatic heterocycles. The largest absolute Gasteiger partial charge is 0.494 e. The summed E-state index contributed by atoms with van der Waals surface area (Å²) in [6.45, 7) is 4.48. The monoisotopic (exact) mass is 336 g/mol. The van der Waals surface area contributed by atoms with Crippen LogP contribution < -0.4 is 10.3 Å². The number of nitrogens with zero attached hydrogens (tertiary/aromatic N) is 6. The van der Waals surface area contributed by atoms with Crippen LogP contribution in [0.3, 0.4) is 0 Å². The molecule has 0 aliphatic rings. The van der Waals surface area contributed by atoms with Crippen LogP contribution in [0.4, 0.5) is 0 Å². The van der Waals surface area contributed by atoms with Gasteiger partial charge >= 0.3 is 0 Å². The summed E-state index contributed by atoms with van der Waals surface area (Å²) in [6, 6.07) is 9.11. The molecule has 8 nitrogen and oxygen atoms in total. The second-order valence-corrected chi connectivity index (χ2v) is 5.45. The lowest BCUT2D eigenvalue weighted by Gasteiger charge is -2.08. The van der Waals surface area contributed by atoms with E-state index in [2.05, 4.69) is 20.3 Å². The Morgan fingerprint density at radius 2 is 1.88 bits per heavy atom. The van der Waals surface area contributed by atoms with Crippen LogP contribution in [-0.4, -0.2) is 36.0 Å². The summed E-state index contributed by atoms with van der Waals surface area (Å²) in [5.74, 6) is 1.82. The quantitative estimate of drug-likeness (QED) is 0.564. The Hall–Kier alpha value is -3.29. The van der Waals surface area contributed by atoms with E-state index in [0.717, 1.165) is 11.4 Å². The van der Waals surface area contributed by atoms with Gasteiger partial charge in [-0.2, -0.15) is 9.50 Å². The van der Waals surface area contributed by atoms with Gasteiger partial charge in [0.05, 0.1) is 6.61 Å². The Balaban J connectivity index is 1.87. The van der Waals surface area contributed by atoms with Gasteiger partial charge in [-0.1, -0.05) is 6.92 Å². The van der Waals surface area contributed by atoms with Crippen molar-refractivity contribution >= 4 is 16.8 Å². The lowest BCUT2D eigenvalue weighted by molar-refractivity contribution is 0.340. The highest BCUT2D eigenvalue weighted by Crippen LogP contribution is 2.15. The third-order valence-corrected chi connectivity index (χ3v) is 3.89. The highest BCUT2D eigenvalue weighted by Gasteiger charge is 2.12. The predicted molar refractivity (Wildman–Crippen MR) is 92.2 cm³/mol. The number of rotatable bonds is 4. The number of hydrogen-bond donors (Lipinski definition) is 0. The molecule has 0 aliphatic carbocycles. The average molecular weight is 336 g/mol. The number of ether oxygens (including phenoxy) is 1. The van der Waals surface area contributed by atoms with Gasteiger partial charge in [0.1, 0.15) is 11.3 Å². The van der Waals surface area contributed by atoms with Crippen molar-refractivity contribution in [2.24, 2.45) is 0 Å². The average Bonchev–Trinajstić information content (AvgIpc) is 3.07. The maximum Gasteiger partial charge on any atom is 0.285 e. The van der Waals surface area contributed by atoms with E-state index in [1.807, 2.05) is 38.1 Å². The van der Waals surface area contributed by atoms with Crippen molar-refractivity contribution in [2.45, 2.75) is 20.3 Å². The van der Waals surface area contributed by atoms with E-state index in [1.165, 1.54) is 4.57 Å². The summed E-state index contributed by atoms with van der Waals surface area (Å²) in [5.41, 5.74) is 1.30. The number of fused-ring (bicyclic) bond motifs is 3. The van der Waals surface area contributed by atoms with E-state index in [0.29, 0.717) is 30.1 Å². The topological polar surface area (TPSA) is 87.2 Å². The van der Waals surface area contributed by atoms with Crippen LogP contribution >= 0.6 is 0 Å².